The minimum atomic E-state index is -0.298. The van der Waals surface area contributed by atoms with Gasteiger partial charge in [-0.25, -0.2) is 0 Å². The van der Waals surface area contributed by atoms with Gasteiger partial charge in [0.2, 0.25) is 5.88 Å². The smallest absolute Gasteiger partial charge is 0.258 e. The molecule has 3 aromatic rings. The molecule has 0 saturated heterocycles. The van der Waals surface area contributed by atoms with Crippen LogP contribution in [0, 0.1) is 0 Å². The second-order valence-corrected chi connectivity index (χ2v) is 5.19. The van der Waals surface area contributed by atoms with Crippen LogP contribution in [0.5, 0.6) is 5.75 Å². The number of aromatic nitrogens is 1. The minimum Gasteiger partial charge on any atom is -0.497 e. The predicted octanol–water partition coefficient (Wildman–Crippen LogP) is 4.26. The molecule has 0 spiro atoms. The highest BCUT2D eigenvalue weighted by molar-refractivity contribution is 6.30. The van der Waals surface area contributed by atoms with Crippen LogP contribution >= 0.6 is 11.6 Å². The van der Waals surface area contributed by atoms with Gasteiger partial charge in [-0.05, 0) is 42.0 Å². The van der Waals surface area contributed by atoms with Gasteiger partial charge in [0.15, 0.2) is 0 Å². The lowest BCUT2D eigenvalue weighted by Crippen LogP contribution is -2.11. The molecule has 0 aliphatic rings. The maximum atomic E-state index is 12.2. The van der Waals surface area contributed by atoms with Crippen LogP contribution in [0.1, 0.15) is 10.4 Å². The van der Waals surface area contributed by atoms with Crippen LogP contribution in [-0.4, -0.2) is 18.2 Å². The zero-order valence-electron chi connectivity index (χ0n) is 12.2. The predicted molar refractivity (Wildman–Crippen MR) is 87.9 cm³/mol. The summed E-state index contributed by atoms with van der Waals surface area (Å²) in [7, 11) is 1.60. The molecule has 0 aliphatic heterocycles. The third kappa shape index (κ3) is 3.35. The molecule has 116 valence electrons. The largest absolute Gasteiger partial charge is 0.497 e. The molecule has 6 heteroatoms. The van der Waals surface area contributed by atoms with Crippen LogP contribution in [0.4, 0.5) is 5.88 Å². The summed E-state index contributed by atoms with van der Waals surface area (Å²) in [5.41, 5.74) is 2.03. The van der Waals surface area contributed by atoms with E-state index < -0.39 is 0 Å². The number of amides is 1. The Morgan fingerprint density at radius 2 is 1.83 bits per heavy atom. The van der Waals surface area contributed by atoms with Crippen LogP contribution in [-0.2, 0) is 0 Å². The number of carbonyl (C=O) groups is 1. The molecular weight excluding hydrogens is 316 g/mol. The average molecular weight is 329 g/mol. The van der Waals surface area contributed by atoms with Crippen LogP contribution < -0.4 is 10.1 Å². The summed E-state index contributed by atoms with van der Waals surface area (Å²) in [5.74, 6) is 0.736. The van der Waals surface area contributed by atoms with Crippen molar-refractivity contribution < 1.29 is 14.1 Å². The molecule has 0 unspecified atom stereocenters. The summed E-state index contributed by atoms with van der Waals surface area (Å²) in [6.45, 7) is 0. The highest BCUT2D eigenvalue weighted by atomic mass is 35.5. The molecule has 0 atom stereocenters. The molecule has 0 radical (unpaired) electrons. The first kappa shape index (κ1) is 15.1. The molecular formula is C17H13ClN2O3. The fourth-order valence-corrected chi connectivity index (χ4v) is 2.21. The zero-order chi connectivity index (χ0) is 16.2. The molecule has 3 rings (SSSR count). The number of nitrogens with one attached hydrogen (secondary N) is 1. The molecule has 0 fully saturated rings. The molecule has 2 aromatic carbocycles. The van der Waals surface area contributed by atoms with Crippen molar-refractivity contribution in [3.63, 3.8) is 0 Å². The van der Waals surface area contributed by atoms with E-state index in [1.165, 1.54) is 0 Å². The number of halogens is 1. The minimum absolute atomic E-state index is 0.287. The van der Waals surface area contributed by atoms with Gasteiger partial charge < -0.3 is 9.26 Å². The molecule has 1 amide bonds. The van der Waals surface area contributed by atoms with Crippen molar-refractivity contribution in [1.29, 1.82) is 0 Å². The van der Waals surface area contributed by atoms with Crippen molar-refractivity contribution in [2.75, 3.05) is 12.4 Å². The number of methoxy groups -OCH3 is 1. The molecule has 1 N–H and O–H groups in total. The third-order valence-corrected chi connectivity index (χ3v) is 3.56. The topological polar surface area (TPSA) is 64.4 Å². The Morgan fingerprint density at radius 3 is 2.48 bits per heavy atom. The van der Waals surface area contributed by atoms with Gasteiger partial charge in [-0.15, -0.1) is 0 Å². The van der Waals surface area contributed by atoms with Gasteiger partial charge in [-0.3, -0.25) is 10.1 Å². The number of hydrogen-bond donors (Lipinski definition) is 1. The number of carbonyl (C=O) groups excluding carboxylic acids is 1. The first-order valence-electron chi connectivity index (χ1n) is 6.83. The number of nitrogens with zero attached hydrogens (tertiary/aromatic N) is 1. The Labute approximate surface area is 137 Å². The van der Waals surface area contributed by atoms with Crippen LogP contribution in [0.15, 0.2) is 59.3 Å². The maximum absolute atomic E-state index is 12.2. The molecule has 0 saturated carbocycles. The van der Waals surface area contributed by atoms with Crippen molar-refractivity contribution in [2.24, 2.45) is 0 Å². The van der Waals surface area contributed by atoms with Crippen LogP contribution in [0.25, 0.3) is 11.1 Å². The Hall–Kier alpha value is -2.79. The van der Waals surface area contributed by atoms with E-state index in [2.05, 4.69) is 10.5 Å². The lowest BCUT2D eigenvalue weighted by molar-refractivity contribution is 0.102. The number of anilines is 1. The maximum Gasteiger partial charge on any atom is 0.258 e. The first-order chi connectivity index (χ1) is 11.2. The van der Waals surface area contributed by atoms with Crippen LogP contribution in [0.3, 0.4) is 0 Å². The quantitative estimate of drug-likeness (QED) is 0.777. The van der Waals surface area contributed by atoms with Gasteiger partial charge in [0, 0.05) is 10.6 Å². The van der Waals surface area contributed by atoms with Crippen molar-refractivity contribution in [3.8, 4) is 16.9 Å². The van der Waals surface area contributed by atoms with E-state index in [1.807, 2.05) is 24.3 Å². The second-order valence-electron chi connectivity index (χ2n) is 4.76. The summed E-state index contributed by atoms with van der Waals surface area (Å²) < 4.78 is 10.3. The number of benzene rings is 2. The van der Waals surface area contributed by atoms with Crippen molar-refractivity contribution in [3.05, 3.63) is 65.3 Å². The standard InChI is InChI=1S/C17H13ClN2O3/c1-22-14-8-4-11(5-9-14)15-10-19-23-17(15)20-16(21)12-2-6-13(18)7-3-12/h2-10H,1H3,(H,20,21). The van der Waals surface area contributed by atoms with E-state index in [9.17, 15) is 4.79 Å². The summed E-state index contributed by atoms with van der Waals surface area (Å²) in [6, 6.07) is 14.0. The molecule has 0 aliphatic carbocycles. The summed E-state index contributed by atoms with van der Waals surface area (Å²) in [4.78, 5) is 12.2. The van der Waals surface area contributed by atoms with Gasteiger partial charge >= 0.3 is 0 Å². The number of ether oxygens (including phenoxy) is 1. The Morgan fingerprint density at radius 1 is 1.13 bits per heavy atom. The van der Waals surface area contributed by atoms with Crippen molar-refractivity contribution in [1.82, 2.24) is 5.16 Å². The molecule has 5 nitrogen and oxygen atoms in total. The normalized spacial score (nSPS) is 10.3. The average Bonchev–Trinajstić information content (AvgIpc) is 3.03. The Kier molecular flexibility index (Phi) is 4.30. The molecule has 1 aromatic heterocycles. The highest BCUT2D eigenvalue weighted by Gasteiger charge is 2.14. The second kappa shape index (κ2) is 6.54. The SMILES string of the molecule is COc1ccc(-c2cnoc2NC(=O)c2ccc(Cl)cc2)cc1. The Bertz CT molecular complexity index is 811. The van der Waals surface area contributed by atoms with Gasteiger partial charge in [-0.2, -0.15) is 0 Å². The Balaban J connectivity index is 1.83. The van der Waals surface area contributed by atoms with Gasteiger partial charge in [-0.1, -0.05) is 28.9 Å². The van der Waals surface area contributed by atoms with E-state index in [0.717, 1.165) is 11.3 Å². The van der Waals surface area contributed by atoms with Crippen LogP contribution in [0.2, 0.25) is 5.02 Å². The fraction of sp³-hybridized carbons (Fsp3) is 0.0588. The van der Waals surface area contributed by atoms with E-state index in [-0.39, 0.29) is 11.8 Å². The monoisotopic (exact) mass is 328 g/mol. The van der Waals surface area contributed by atoms with E-state index in [4.69, 9.17) is 20.9 Å². The van der Waals surface area contributed by atoms with Gasteiger partial charge in [0.25, 0.3) is 5.91 Å². The molecule has 23 heavy (non-hydrogen) atoms. The molecule has 0 bridgehead atoms. The van der Waals surface area contributed by atoms with Crippen molar-refractivity contribution >= 4 is 23.4 Å². The van der Waals surface area contributed by atoms with Gasteiger partial charge in [0.05, 0.1) is 18.9 Å². The number of rotatable bonds is 4. The first-order valence-corrected chi connectivity index (χ1v) is 7.21. The highest BCUT2D eigenvalue weighted by Crippen LogP contribution is 2.29. The lowest BCUT2D eigenvalue weighted by Gasteiger charge is -2.05. The summed E-state index contributed by atoms with van der Waals surface area (Å²) in [5, 5.41) is 7.04. The summed E-state index contributed by atoms with van der Waals surface area (Å²) in [6.07, 6.45) is 1.55. The zero-order valence-corrected chi connectivity index (χ0v) is 13.0. The van der Waals surface area contributed by atoms with Crippen molar-refractivity contribution in [2.45, 2.75) is 0 Å². The molecule has 1 heterocycles. The van der Waals surface area contributed by atoms with E-state index in [1.54, 1.807) is 37.6 Å². The van der Waals surface area contributed by atoms with Gasteiger partial charge in [0.1, 0.15) is 5.75 Å². The third-order valence-electron chi connectivity index (χ3n) is 3.30. The van der Waals surface area contributed by atoms with E-state index in [0.29, 0.717) is 16.1 Å². The lowest BCUT2D eigenvalue weighted by atomic mass is 10.1. The number of hydrogen-bond acceptors (Lipinski definition) is 4. The summed E-state index contributed by atoms with van der Waals surface area (Å²) >= 11 is 5.82. The van der Waals surface area contributed by atoms with E-state index >= 15 is 0 Å². The fourth-order valence-electron chi connectivity index (χ4n) is 2.08.